The van der Waals surface area contributed by atoms with Crippen LogP contribution >= 0.6 is 11.6 Å². The molecule has 1 atom stereocenters. The minimum Gasteiger partial charge on any atom is -0.280 e. The highest BCUT2D eigenvalue weighted by molar-refractivity contribution is 7.92. The summed E-state index contributed by atoms with van der Waals surface area (Å²) in [6.07, 6.45) is 0. The van der Waals surface area contributed by atoms with Crippen LogP contribution in [-0.2, 0) is 10.0 Å². The Kier molecular flexibility index (Phi) is 5.65. The topological polar surface area (TPSA) is 93.8 Å². The lowest BCUT2D eigenvalue weighted by Gasteiger charge is -2.14. The van der Waals surface area contributed by atoms with Gasteiger partial charge < -0.3 is 0 Å². The lowest BCUT2D eigenvalue weighted by molar-refractivity contribution is 0.601. The molecule has 1 N–H and O–H groups in total. The highest BCUT2D eigenvalue weighted by atomic mass is 35.5. The zero-order valence-corrected chi connectivity index (χ0v) is 16.1. The maximum Gasteiger partial charge on any atom is 0.261 e. The number of nitrogens with one attached hydrogen (secondary N) is 1. The van der Waals surface area contributed by atoms with Gasteiger partial charge in [-0.15, -0.1) is 0 Å². The second kappa shape index (κ2) is 8.14. The monoisotopic (exact) mass is 407 g/mol. The van der Waals surface area contributed by atoms with Crippen molar-refractivity contribution in [2.75, 3.05) is 4.72 Å². The predicted octanol–water partition coefficient (Wildman–Crippen LogP) is 4.67. The van der Waals surface area contributed by atoms with Crippen molar-refractivity contribution in [3.05, 3.63) is 94.5 Å². The van der Waals surface area contributed by atoms with Gasteiger partial charge in [0.15, 0.2) is 0 Å². The van der Waals surface area contributed by atoms with Gasteiger partial charge in [-0.1, -0.05) is 54.1 Å². The first-order valence-electron chi connectivity index (χ1n) is 8.21. The van der Waals surface area contributed by atoms with E-state index in [1.165, 1.54) is 30.3 Å². The summed E-state index contributed by atoms with van der Waals surface area (Å²) < 4.78 is 27.6. The van der Waals surface area contributed by atoms with E-state index in [9.17, 15) is 13.7 Å². The van der Waals surface area contributed by atoms with E-state index >= 15 is 0 Å². The van der Waals surface area contributed by atoms with Crippen LogP contribution in [0.25, 0.3) is 0 Å². The number of nitriles is 2. The Hall–Kier alpha value is -3.32. The Labute approximate surface area is 168 Å². The summed E-state index contributed by atoms with van der Waals surface area (Å²) in [6, 6.07) is 23.7. The van der Waals surface area contributed by atoms with Gasteiger partial charge in [-0.3, -0.25) is 4.72 Å². The molecule has 0 radical (unpaired) electrons. The molecule has 0 fully saturated rings. The van der Waals surface area contributed by atoms with Crippen molar-refractivity contribution in [2.24, 2.45) is 0 Å². The van der Waals surface area contributed by atoms with Crippen molar-refractivity contribution in [3.8, 4) is 12.1 Å². The number of sulfonamides is 1. The zero-order chi connectivity index (χ0) is 20.1. The molecule has 0 saturated carbocycles. The Bertz CT molecular complexity index is 1200. The molecule has 0 aromatic heterocycles. The molecule has 3 rings (SSSR count). The molecule has 138 valence electrons. The molecule has 0 spiro atoms. The molecule has 0 heterocycles. The van der Waals surface area contributed by atoms with Crippen LogP contribution in [0.3, 0.4) is 0 Å². The number of rotatable bonds is 5. The van der Waals surface area contributed by atoms with E-state index in [4.69, 9.17) is 16.9 Å². The zero-order valence-electron chi connectivity index (χ0n) is 14.5. The molecule has 0 aliphatic heterocycles. The van der Waals surface area contributed by atoms with Crippen molar-refractivity contribution in [3.63, 3.8) is 0 Å². The quantitative estimate of drug-likeness (QED) is 0.665. The average Bonchev–Trinajstić information content (AvgIpc) is 2.70. The Morgan fingerprint density at radius 2 is 1.68 bits per heavy atom. The lowest BCUT2D eigenvalue weighted by Crippen LogP contribution is -2.13. The van der Waals surface area contributed by atoms with Gasteiger partial charge in [0.1, 0.15) is 0 Å². The van der Waals surface area contributed by atoms with Gasteiger partial charge in [-0.05, 0) is 41.5 Å². The summed E-state index contributed by atoms with van der Waals surface area (Å²) in [5.74, 6) is -0.563. The summed E-state index contributed by atoms with van der Waals surface area (Å²) in [5, 5.41) is 18.8. The molecule has 0 aliphatic carbocycles. The fourth-order valence-electron chi connectivity index (χ4n) is 2.74. The predicted molar refractivity (Wildman–Crippen MR) is 107 cm³/mol. The largest absolute Gasteiger partial charge is 0.280 e. The van der Waals surface area contributed by atoms with Crippen LogP contribution in [0.15, 0.2) is 77.7 Å². The van der Waals surface area contributed by atoms with Crippen LogP contribution in [0.5, 0.6) is 0 Å². The normalized spacial score (nSPS) is 11.8. The second-order valence-corrected chi connectivity index (χ2v) is 8.04. The van der Waals surface area contributed by atoms with Crippen LogP contribution in [0, 0.1) is 22.7 Å². The third kappa shape index (κ3) is 4.15. The van der Waals surface area contributed by atoms with Gasteiger partial charge in [0.2, 0.25) is 0 Å². The first kappa shape index (κ1) is 19.4. The minimum absolute atomic E-state index is 0.0223. The SMILES string of the molecule is N#Cc1cccc(S(=O)(=O)Nc2ccc([C@@H](C#N)c3ccccc3)c(Cl)c2)c1. The molecule has 0 unspecified atom stereocenters. The molecule has 28 heavy (non-hydrogen) atoms. The third-order valence-electron chi connectivity index (χ3n) is 4.10. The van der Waals surface area contributed by atoms with Crippen LogP contribution in [0.2, 0.25) is 5.02 Å². The van der Waals surface area contributed by atoms with Crippen molar-refractivity contribution < 1.29 is 8.42 Å². The van der Waals surface area contributed by atoms with Gasteiger partial charge in [-0.2, -0.15) is 10.5 Å². The lowest BCUT2D eigenvalue weighted by atomic mass is 9.92. The second-order valence-electron chi connectivity index (χ2n) is 5.95. The molecular weight excluding hydrogens is 394 g/mol. The van der Waals surface area contributed by atoms with Crippen molar-refractivity contribution in [1.29, 1.82) is 10.5 Å². The highest BCUT2D eigenvalue weighted by Gasteiger charge is 2.19. The first-order valence-corrected chi connectivity index (χ1v) is 10.1. The number of anilines is 1. The molecule has 5 nitrogen and oxygen atoms in total. The fraction of sp³-hybridized carbons (Fsp3) is 0.0476. The maximum absolute atomic E-state index is 12.6. The Balaban J connectivity index is 1.90. The van der Waals surface area contributed by atoms with Gasteiger partial charge in [0, 0.05) is 5.02 Å². The van der Waals surface area contributed by atoms with E-state index in [-0.39, 0.29) is 21.2 Å². The molecule has 0 aliphatic rings. The summed E-state index contributed by atoms with van der Waals surface area (Å²) in [7, 11) is -3.88. The summed E-state index contributed by atoms with van der Waals surface area (Å²) >= 11 is 6.35. The fourth-order valence-corrected chi connectivity index (χ4v) is 4.13. The summed E-state index contributed by atoms with van der Waals surface area (Å²) in [6.45, 7) is 0. The van der Waals surface area contributed by atoms with E-state index in [0.29, 0.717) is 5.56 Å². The van der Waals surface area contributed by atoms with Gasteiger partial charge >= 0.3 is 0 Å². The Morgan fingerprint density at radius 3 is 2.32 bits per heavy atom. The molecule has 0 saturated heterocycles. The number of halogens is 1. The molecule has 0 amide bonds. The van der Waals surface area contributed by atoms with E-state index in [1.807, 2.05) is 36.4 Å². The standard InChI is InChI=1S/C21H14ClN3O2S/c22-21-12-17(25-28(26,27)18-8-4-5-15(11-18)13-23)9-10-19(21)20(14-24)16-6-2-1-3-7-16/h1-12,20,25H/t20-/m0/s1. The average molecular weight is 408 g/mol. The van der Waals surface area contributed by atoms with Crippen LogP contribution in [0.4, 0.5) is 5.69 Å². The number of benzene rings is 3. The van der Waals surface area contributed by atoms with Gasteiger partial charge in [0.25, 0.3) is 10.0 Å². The molecular formula is C21H14ClN3O2S. The van der Waals surface area contributed by atoms with Crippen molar-refractivity contribution in [1.82, 2.24) is 0 Å². The van der Waals surface area contributed by atoms with Crippen molar-refractivity contribution >= 4 is 27.3 Å². The van der Waals surface area contributed by atoms with Crippen molar-refractivity contribution in [2.45, 2.75) is 10.8 Å². The number of hydrogen-bond donors (Lipinski definition) is 1. The number of hydrogen-bond acceptors (Lipinski definition) is 4. The number of nitrogens with zero attached hydrogens (tertiary/aromatic N) is 2. The van der Waals surface area contributed by atoms with E-state index in [1.54, 1.807) is 12.1 Å². The van der Waals surface area contributed by atoms with E-state index in [0.717, 1.165) is 5.56 Å². The molecule has 3 aromatic rings. The van der Waals surface area contributed by atoms with E-state index in [2.05, 4.69) is 10.8 Å². The summed E-state index contributed by atoms with van der Waals surface area (Å²) in [4.78, 5) is -0.0223. The summed E-state index contributed by atoms with van der Waals surface area (Å²) in [5.41, 5.74) is 1.90. The molecule has 0 bridgehead atoms. The minimum atomic E-state index is -3.88. The smallest absolute Gasteiger partial charge is 0.261 e. The maximum atomic E-state index is 12.6. The highest BCUT2D eigenvalue weighted by Crippen LogP contribution is 2.32. The van der Waals surface area contributed by atoms with Gasteiger partial charge in [-0.25, -0.2) is 8.42 Å². The van der Waals surface area contributed by atoms with Gasteiger partial charge in [0.05, 0.1) is 34.2 Å². The molecule has 3 aromatic carbocycles. The Morgan fingerprint density at radius 1 is 0.929 bits per heavy atom. The van der Waals surface area contributed by atoms with Crippen LogP contribution in [-0.4, -0.2) is 8.42 Å². The van der Waals surface area contributed by atoms with E-state index < -0.39 is 15.9 Å². The molecule has 7 heteroatoms. The van der Waals surface area contributed by atoms with Crippen LogP contribution in [0.1, 0.15) is 22.6 Å². The van der Waals surface area contributed by atoms with Crippen LogP contribution < -0.4 is 4.72 Å². The third-order valence-corrected chi connectivity index (χ3v) is 5.81. The first-order chi connectivity index (χ1) is 13.4.